The summed E-state index contributed by atoms with van der Waals surface area (Å²) in [6.07, 6.45) is 0. The van der Waals surface area contributed by atoms with Gasteiger partial charge in [-0.05, 0) is 38.1 Å². The van der Waals surface area contributed by atoms with E-state index in [0.717, 1.165) is 0 Å². The van der Waals surface area contributed by atoms with Gasteiger partial charge in [0.2, 0.25) is 0 Å². The molecule has 0 unspecified atom stereocenters. The van der Waals surface area contributed by atoms with Gasteiger partial charge in [0.25, 0.3) is 0 Å². The van der Waals surface area contributed by atoms with E-state index in [0.29, 0.717) is 20.4 Å². The van der Waals surface area contributed by atoms with Crippen LogP contribution in [0.5, 0.6) is 0 Å². The van der Waals surface area contributed by atoms with E-state index in [1.165, 1.54) is 6.07 Å². The summed E-state index contributed by atoms with van der Waals surface area (Å²) >= 11 is 9.06. The van der Waals surface area contributed by atoms with Crippen LogP contribution in [0.2, 0.25) is 5.02 Å². The summed E-state index contributed by atoms with van der Waals surface area (Å²) < 4.78 is 0.660. The maximum atomic E-state index is 10.5. The normalized spacial score (nSPS) is 10.5. The molecule has 0 aliphatic rings. The fourth-order valence-corrected chi connectivity index (χ4v) is 2.07. The molecule has 0 saturated heterocycles. The molecule has 76 valence electrons. The quantitative estimate of drug-likeness (QED) is 0.597. The maximum absolute atomic E-state index is 10.5. The third kappa shape index (κ3) is 1.91. The van der Waals surface area contributed by atoms with Crippen LogP contribution in [0.15, 0.2) is 22.7 Å². The third-order valence-corrected chi connectivity index (χ3v) is 2.60. The summed E-state index contributed by atoms with van der Waals surface area (Å²) in [6.45, 7) is 0. The van der Waals surface area contributed by atoms with Crippen molar-refractivity contribution in [3.05, 3.63) is 37.8 Å². The Hall–Kier alpha value is -1.27. The number of nitro groups is 1. The lowest BCUT2D eigenvalue weighted by molar-refractivity contribution is -0.390. The van der Waals surface area contributed by atoms with Crippen molar-refractivity contribution in [3.63, 3.8) is 0 Å². The van der Waals surface area contributed by atoms with Gasteiger partial charge in [0.15, 0.2) is 0 Å². The number of rotatable bonds is 1. The minimum absolute atomic E-state index is 0.295. The zero-order chi connectivity index (χ0) is 11.0. The van der Waals surface area contributed by atoms with E-state index in [-0.39, 0.29) is 5.82 Å². The van der Waals surface area contributed by atoms with E-state index in [2.05, 4.69) is 26.1 Å². The summed E-state index contributed by atoms with van der Waals surface area (Å²) in [5, 5.41) is 18.8. The van der Waals surface area contributed by atoms with Crippen LogP contribution in [-0.4, -0.2) is 15.1 Å². The Bertz CT molecular complexity index is 561. The first-order valence-corrected chi connectivity index (χ1v) is 5.02. The van der Waals surface area contributed by atoms with Gasteiger partial charge in [-0.25, -0.2) is 0 Å². The fourth-order valence-electron chi connectivity index (χ4n) is 1.16. The van der Waals surface area contributed by atoms with Crippen LogP contribution in [0.3, 0.4) is 0 Å². The van der Waals surface area contributed by atoms with E-state index in [1.807, 2.05) is 0 Å². The lowest BCUT2D eigenvalue weighted by Crippen LogP contribution is -1.94. The molecule has 0 aliphatic heterocycles. The van der Waals surface area contributed by atoms with Gasteiger partial charge in [-0.15, -0.1) is 0 Å². The number of nitrogens with zero attached hydrogens (tertiary/aromatic N) is 3. The van der Waals surface area contributed by atoms with Crippen molar-refractivity contribution in [2.45, 2.75) is 0 Å². The van der Waals surface area contributed by atoms with Crippen LogP contribution < -0.4 is 0 Å². The molecule has 0 atom stereocenters. The van der Waals surface area contributed by atoms with E-state index >= 15 is 0 Å². The number of hydrogen-bond donors (Lipinski definition) is 0. The Labute approximate surface area is 97.3 Å². The van der Waals surface area contributed by atoms with Crippen LogP contribution in [0.4, 0.5) is 5.82 Å². The van der Waals surface area contributed by atoms with Gasteiger partial charge in [-0.2, -0.15) is 0 Å². The van der Waals surface area contributed by atoms with E-state index in [9.17, 15) is 10.1 Å². The molecule has 2 aromatic rings. The van der Waals surface area contributed by atoms with E-state index in [1.54, 1.807) is 12.1 Å². The molecule has 0 aliphatic carbocycles. The summed E-state index contributed by atoms with van der Waals surface area (Å²) in [6, 6.07) is 4.59. The molecule has 0 saturated carbocycles. The smallest absolute Gasteiger partial charge is 0.358 e. The second-order valence-electron chi connectivity index (χ2n) is 2.79. The lowest BCUT2D eigenvalue weighted by Gasteiger charge is -1.98. The molecule has 15 heavy (non-hydrogen) atoms. The molecular weight excluding hydrogens is 285 g/mol. The molecule has 1 aromatic carbocycles. The van der Waals surface area contributed by atoms with Crippen LogP contribution >= 0.6 is 27.5 Å². The molecule has 0 radical (unpaired) electrons. The first-order valence-electron chi connectivity index (χ1n) is 3.85. The molecule has 5 nitrogen and oxygen atoms in total. The summed E-state index contributed by atoms with van der Waals surface area (Å²) in [5.41, 5.74) is 0.546. The Balaban J connectivity index is 2.76. The zero-order valence-electron chi connectivity index (χ0n) is 7.15. The minimum atomic E-state index is -0.596. The summed E-state index contributed by atoms with van der Waals surface area (Å²) in [5.74, 6) is -0.295. The van der Waals surface area contributed by atoms with E-state index < -0.39 is 4.92 Å². The van der Waals surface area contributed by atoms with Gasteiger partial charge in [0.1, 0.15) is 5.52 Å². The van der Waals surface area contributed by atoms with Gasteiger partial charge < -0.3 is 10.1 Å². The van der Waals surface area contributed by atoms with Crippen LogP contribution in [0.25, 0.3) is 10.9 Å². The average molecular weight is 288 g/mol. The number of aromatic nitrogens is 2. The Morgan fingerprint density at radius 1 is 1.33 bits per heavy atom. The monoisotopic (exact) mass is 287 g/mol. The maximum Gasteiger partial charge on any atom is 0.391 e. The highest BCUT2D eigenvalue weighted by Crippen LogP contribution is 2.27. The van der Waals surface area contributed by atoms with Gasteiger partial charge >= 0.3 is 5.82 Å². The first kappa shape index (κ1) is 10.3. The average Bonchev–Trinajstić information content (AvgIpc) is 2.16. The largest absolute Gasteiger partial charge is 0.391 e. The van der Waals surface area contributed by atoms with Crippen molar-refractivity contribution in [2.24, 2.45) is 0 Å². The van der Waals surface area contributed by atoms with Crippen molar-refractivity contribution in [3.8, 4) is 0 Å². The number of halogens is 2. The van der Waals surface area contributed by atoms with Crippen molar-refractivity contribution >= 4 is 44.3 Å². The molecule has 2 rings (SSSR count). The van der Waals surface area contributed by atoms with Crippen molar-refractivity contribution in [1.29, 1.82) is 0 Å². The van der Waals surface area contributed by atoms with Gasteiger partial charge in [0, 0.05) is 20.9 Å². The molecule has 1 aromatic heterocycles. The van der Waals surface area contributed by atoms with Crippen molar-refractivity contribution in [2.75, 3.05) is 0 Å². The topological polar surface area (TPSA) is 68.9 Å². The molecule has 0 N–H and O–H groups in total. The molecule has 7 heteroatoms. The summed E-state index contributed by atoms with van der Waals surface area (Å²) in [7, 11) is 0. The number of benzene rings is 1. The third-order valence-electron chi connectivity index (χ3n) is 1.78. The zero-order valence-corrected chi connectivity index (χ0v) is 9.49. The summed E-state index contributed by atoms with van der Waals surface area (Å²) in [4.78, 5) is 9.88. The second kappa shape index (κ2) is 3.71. The van der Waals surface area contributed by atoms with Crippen molar-refractivity contribution < 1.29 is 4.92 Å². The SMILES string of the molecule is O=[N+]([O-])c1cc2cc(Cl)cc(Br)c2nn1. The molecule has 0 bridgehead atoms. The Kier molecular flexibility index (Phi) is 2.54. The standard InChI is InChI=1S/C8H3BrClN3O2/c9-6-3-5(10)1-4-2-7(13(14)15)11-12-8(4)6/h1-3H. The Morgan fingerprint density at radius 2 is 2.07 bits per heavy atom. The highest BCUT2D eigenvalue weighted by Gasteiger charge is 2.12. The lowest BCUT2D eigenvalue weighted by atomic mass is 10.2. The molecular formula is C8H3BrClN3O2. The highest BCUT2D eigenvalue weighted by molar-refractivity contribution is 9.10. The first-order chi connectivity index (χ1) is 7.08. The number of fused-ring (bicyclic) bond motifs is 1. The number of hydrogen-bond acceptors (Lipinski definition) is 4. The predicted molar refractivity (Wildman–Crippen MR) is 58.9 cm³/mol. The second-order valence-corrected chi connectivity index (χ2v) is 4.08. The van der Waals surface area contributed by atoms with Crippen LogP contribution in [0, 0.1) is 10.1 Å². The molecule has 0 spiro atoms. The van der Waals surface area contributed by atoms with Gasteiger partial charge in [-0.3, -0.25) is 0 Å². The highest BCUT2D eigenvalue weighted by atomic mass is 79.9. The Morgan fingerprint density at radius 3 is 2.73 bits per heavy atom. The van der Waals surface area contributed by atoms with Gasteiger partial charge in [0.05, 0.1) is 5.10 Å². The molecule has 0 amide bonds. The minimum Gasteiger partial charge on any atom is -0.358 e. The van der Waals surface area contributed by atoms with Crippen molar-refractivity contribution in [1.82, 2.24) is 10.2 Å². The van der Waals surface area contributed by atoms with Crippen LogP contribution in [-0.2, 0) is 0 Å². The van der Waals surface area contributed by atoms with E-state index in [4.69, 9.17) is 11.6 Å². The molecule has 0 fully saturated rings. The van der Waals surface area contributed by atoms with Crippen LogP contribution in [0.1, 0.15) is 0 Å². The fraction of sp³-hybridized carbons (Fsp3) is 0. The predicted octanol–water partition coefficient (Wildman–Crippen LogP) is 2.95. The molecule has 1 heterocycles. The van der Waals surface area contributed by atoms with Gasteiger partial charge in [-0.1, -0.05) is 11.6 Å².